The maximum atomic E-state index is 6.45. The van der Waals surface area contributed by atoms with Crippen LogP contribution in [0.3, 0.4) is 0 Å². The number of nitrogens with zero attached hydrogens (tertiary/aromatic N) is 3. The van der Waals surface area contributed by atoms with E-state index in [2.05, 4.69) is 58.5 Å². The van der Waals surface area contributed by atoms with Crippen LogP contribution in [0, 0.1) is 0 Å². The standard InChI is InChI=1S/C28H26N4O2/c29-32(17-23-13-19-5-1-9-25(27(19)33-23)21-7-3-11-30-15-21)18-24-14-20-6-2-10-26(28(20)34-24)22-8-4-12-31-16-22/h1-12,15-16,23-24H,13-14,17-18,29H2. The van der Waals surface area contributed by atoms with Crippen LogP contribution in [-0.4, -0.2) is 40.3 Å². The third-order valence-electron chi connectivity index (χ3n) is 6.48. The van der Waals surface area contributed by atoms with Crippen LogP contribution in [0.1, 0.15) is 11.1 Å². The molecule has 4 aromatic rings. The Morgan fingerprint density at radius 2 is 1.21 bits per heavy atom. The van der Waals surface area contributed by atoms with E-state index in [1.54, 1.807) is 12.4 Å². The zero-order chi connectivity index (χ0) is 22.9. The van der Waals surface area contributed by atoms with Gasteiger partial charge in [0.2, 0.25) is 0 Å². The number of benzene rings is 2. The number of ether oxygens (including phenoxy) is 2. The first-order valence-corrected chi connectivity index (χ1v) is 11.6. The average Bonchev–Trinajstić information content (AvgIpc) is 3.47. The molecule has 2 unspecified atom stereocenters. The van der Waals surface area contributed by atoms with Gasteiger partial charge in [0.15, 0.2) is 0 Å². The Morgan fingerprint density at radius 1 is 0.706 bits per heavy atom. The van der Waals surface area contributed by atoms with Crippen LogP contribution in [0.15, 0.2) is 85.5 Å². The van der Waals surface area contributed by atoms with E-state index in [1.807, 2.05) is 29.5 Å². The summed E-state index contributed by atoms with van der Waals surface area (Å²) in [7, 11) is 0. The molecule has 2 aromatic carbocycles. The number of rotatable bonds is 6. The molecule has 2 aliphatic rings. The molecule has 2 aromatic heterocycles. The number of hydrogen-bond acceptors (Lipinski definition) is 6. The van der Waals surface area contributed by atoms with Gasteiger partial charge in [-0.3, -0.25) is 15.8 Å². The maximum Gasteiger partial charge on any atom is 0.131 e. The second-order valence-electron chi connectivity index (χ2n) is 8.91. The molecule has 0 aliphatic carbocycles. The van der Waals surface area contributed by atoms with Crippen LogP contribution >= 0.6 is 0 Å². The molecule has 0 bridgehead atoms. The molecular formula is C28H26N4O2. The van der Waals surface area contributed by atoms with Crippen molar-refractivity contribution in [1.29, 1.82) is 0 Å². The molecule has 0 radical (unpaired) electrons. The Hall–Kier alpha value is -3.74. The zero-order valence-electron chi connectivity index (χ0n) is 18.8. The molecule has 170 valence electrons. The minimum absolute atomic E-state index is 0.00699. The van der Waals surface area contributed by atoms with Crippen LogP contribution < -0.4 is 15.3 Å². The van der Waals surface area contributed by atoms with Crippen LogP contribution in [0.5, 0.6) is 11.5 Å². The van der Waals surface area contributed by atoms with Crippen LogP contribution in [0.25, 0.3) is 22.3 Å². The highest BCUT2D eigenvalue weighted by molar-refractivity contribution is 5.73. The van der Waals surface area contributed by atoms with Crippen molar-refractivity contribution in [3.05, 3.63) is 96.6 Å². The SMILES string of the molecule is NN(CC1Cc2cccc(-c3cccnc3)c2O1)CC1Cc2cccc(-c3cccnc3)c2O1. The lowest BCUT2D eigenvalue weighted by atomic mass is 10.0. The van der Waals surface area contributed by atoms with Gasteiger partial charge in [-0.25, -0.2) is 5.01 Å². The summed E-state index contributed by atoms with van der Waals surface area (Å²) in [6, 6.07) is 20.6. The molecule has 0 spiro atoms. The van der Waals surface area contributed by atoms with E-state index >= 15 is 0 Å². The van der Waals surface area contributed by atoms with Crippen molar-refractivity contribution in [3.63, 3.8) is 0 Å². The molecule has 2 atom stereocenters. The highest BCUT2D eigenvalue weighted by Gasteiger charge is 2.30. The quantitative estimate of drug-likeness (QED) is 0.349. The lowest BCUT2D eigenvalue weighted by Gasteiger charge is -2.23. The lowest BCUT2D eigenvalue weighted by molar-refractivity contribution is 0.108. The molecular weight excluding hydrogens is 424 g/mol. The molecule has 6 nitrogen and oxygen atoms in total. The molecule has 0 amide bonds. The largest absolute Gasteiger partial charge is 0.488 e. The van der Waals surface area contributed by atoms with Crippen LogP contribution in [0.4, 0.5) is 0 Å². The topological polar surface area (TPSA) is 73.5 Å². The summed E-state index contributed by atoms with van der Waals surface area (Å²) in [5, 5.41) is 1.83. The number of aromatic nitrogens is 2. The Balaban J connectivity index is 1.11. The zero-order valence-corrected chi connectivity index (χ0v) is 18.8. The van der Waals surface area contributed by atoms with Crippen molar-refractivity contribution in [2.75, 3.05) is 13.1 Å². The van der Waals surface area contributed by atoms with Crippen molar-refractivity contribution in [2.24, 2.45) is 5.84 Å². The van der Waals surface area contributed by atoms with Gasteiger partial charge < -0.3 is 9.47 Å². The predicted molar refractivity (Wildman–Crippen MR) is 131 cm³/mol. The maximum absolute atomic E-state index is 6.45. The summed E-state index contributed by atoms with van der Waals surface area (Å²) in [6.07, 6.45) is 9.01. The van der Waals surface area contributed by atoms with Crippen LogP contribution in [-0.2, 0) is 12.8 Å². The number of hydrogen-bond donors (Lipinski definition) is 1. The van der Waals surface area contributed by atoms with Crippen molar-refractivity contribution in [1.82, 2.24) is 15.0 Å². The minimum atomic E-state index is 0.00699. The van der Waals surface area contributed by atoms with Crippen LogP contribution in [0.2, 0.25) is 0 Å². The Labute approximate surface area is 199 Å². The van der Waals surface area contributed by atoms with E-state index in [0.29, 0.717) is 13.1 Å². The summed E-state index contributed by atoms with van der Waals surface area (Å²) >= 11 is 0. The fourth-order valence-electron chi connectivity index (χ4n) is 4.98. The third-order valence-corrected chi connectivity index (χ3v) is 6.48. The van der Waals surface area contributed by atoms with Gasteiger partial charge in [-0.05, 0) is 23.3 Å². The second-order valence-corrected chi connectivity index (χ2v) is 8.91. The lowest BCUT2D eigenvalue weighted by Crippen LogP contribution is -2.45. The smallest absolute Gasteiger partial charge is 0.131 e. The molecule has 2 N–H and O–H groups in total. The Kier molecular flexibility index (Phi) is 5.45. The molecule has 0 saturated heterocycles. The van der Waals surface area contributed by atoms with Gasteiger partial charge in [-0.15, -0.1) is 0 Å². The summed E-state index contributed by atoms with van der Waals surface area (Å²) in [5.74, 6) is 8.34. The van der Waals surface area contributed by atoms with E-state index < -0.39 is 0 Å². The van der Waals surface area contributed by atoms with Gasteiger partial charge in [0.05, 0.1) is 13.1 Å². The number of para-hydroxylation sites is 2. The van der Waals surface area contributed by atoms with Gasteiger partial charge in [-0.1, -0.05) is 48.5 Å². The van der Waals surface area contributed by atoms with Crippen molar-refractivity contribution < 1.29 is 9.47 Å². The monoisotopic (exact) mass is 450 g/mol. The first-order valence-electron chi connectivity index (χ1n) is 11.6. The fourth-order valence-corrected chi connectivity index (χ4v) is 4.98. The molecule has 0 fully saturated rings. The van der Waals surface area contributed by atoms with E-state index in [1.165, 1.54) is 11.1 Å². The predicted octanol–water partition coefficient (Wildman–Crippen LogP) is 4.29. The second kappa shape index (κ2) is 8.89. The first kappa shape index (κ1) is 20.8. The fraction of sp³-hybridized carbons (Fsp3) is 0.214. The molecule has 0 saturated carbocycles. The number of pyridine rings is 2. The van der Waals surface area contributed by atoms with Crippen molar-refractivity contribution >= 4 is 0 Å². The van der Waals surface area contributed by atoms with Gasteiger partial charge in [0, 0.05) is 59.9 Å². The van der Waals surface area contributed by atoms with Gasteiger partial charge >= 0.3 is 0 Å². The third kappa shape index (κ3) is 4.02. The number of fused-ring (bicyclic) bond motifs is 2. The Morgan fingerprint density at radius 3 is 1.65 bits per heavy atom. The minimum Gasteiger partial charge on any atom is -0.488 e. The first-order chi connectivity index (χ1) is 16.7. The molecule has 4 heterocycles. The van der Waals surface area contributed by atoms with E-state index in [9.17, 15) is 0 Å². The summed E-state index contributed by atoms with van der Waals surface area (Å²) < 4.78 is 12.7. The summed E-state index contributed by atoms with van der Waals surface area (Å²) in [5.41, 5.74) is 6.71. The molecule has 34 heavy (non-hydrogen) atoms. The van der Waals surface area contributed by atoms with Crippen molar-refractivity contribution in [3.8, 4) is 33.8 Å². The van der Waals surface area contributed by atoms with E-state index in [4.69, 9.17) is 15.3 Å². The number of hydrazine groups is 1. The molecule has 2 aliphatic heterocycles. The average molecular weight is 451 g/mol. The van der Waals surface area contributed by atoms with Crippen molar-refractivity contribution in [2.45, 2.75) is 25.0 Å². The summed E-state index contributed by atoms with van der Waals surface area (Å²) in [6.45, 7) is 1.26. The number of nitrogens with two attached hydrogens (primary N) is 1. The Bertz CT molecular complexity index is 1200. The highest BCUT2D eigenvalue weighted by Crippen LogP contribution is 2.40. The van der Waals surface area contributed by atoms with Gasteiger partial charge in [0.1, 0.15) is 23.7 Å². The van der Waals surface area contributed by atoms with E-state index in [-0.39, 0.29) is 12.2 Å². The normalized spacial score (nSPS) is 18.3. The summed E-state index contributed by atoms with van der Waals surface area (Å²) in [4.78, 5) is 8.51. The highest BCUT2D eigenvalue weighted by atomic mass is 16.5. The van der Waals surface area contributed by atoms with Gasteiger partial charge in [0.25, 0.3) is 0 Å². The van der Waals surface area contributed by atoms with Gasteiger partial charge in [-0.2, -0.15) is 0 Å². The molecule has 6 heteroatoms. The molecule has 6 rings (SSSR count). The van der Waals surface area contributed by atoms with E-state index in [0.717, 1.165) is 46.6 Å².